The zero-order valence-electron chi connectivity index (χ0n) is 29.9. The van der Waals surface area contributed by atoms with Gasteiger partial charge < -0.3 is 25.7 Å². The second-order valence-electron chi connectivity index (χ2n) is 15.6. The van der Waals surface area contributed by atoms with Gasteiger partial charge in [0, 0.05) is 36.4 Å². The van der Waals surface area contributed by atoms with Crippen LogP contribution in [0.25, 0.3) is 0 Å². The highest BCUT2D eigenvalue weighted by Gasteiger charge is 2.55. The first-order valence-corrected chi connectivity index (χ1v) is 18.2. The highest BCUT2D eigenvalue weighted by Crippen LogP contribution is 2.40. The van der Waals surface area contributed by atoms with Crippen LogP contribution < -0.4 is 16.0 Å². The largest absolute Gasteiger partial charge is 0.387 e. The van der Waals surface area contributed by atoms with E-state index in [4.69, 9.17) is 16.4 Å². The van der Waals surface area contributed by atoms with E-state index in [2.05, 4.69) is 21.1 Å². The quantitative estimate of drug-likeness (QED) is 0.249. The second-order valence-corrected chi connectivity index (χ2v) is 16.0. The number of likely N-dealkylation sites (tertiary alicyclic amines) is 1. The summed E-state index contributed by atoms with van der Waals surface area (Å²) in [6, 6.07) is 4.23. The first-order valence-electron chi connectivity index (χ1n) is 17.9. The van der Waals surface area contributed by atoms with Gasteiger partial charge in [0.15, 0.2) is 5.60 Å². The molecule has 49 heavy (non-hydrogen) atoms. The van der Waals surface area contributed by atoms with E-state index in [0.29, 0.717) is 36.5 Å². The Labute approximate surface area is 295 Å². The molecule has 4 amide bonds. The van der Waals surface area contributed by atoms with Crippen molar-refractivity contribution in [3.05, 3.63) is 34.9 Å². The van der Waals surface area contributed by atoms with Crippen LogP contribution in [0.2, 0.25) is 5.02 Å². The number of carbonyl (C=O) groups is 5. The Morgan fingerprint density at radius 2 is 1.80 bits per heavy atom. The van der Waals surface area contributed by atoms with Gasteiger partial charge in [-0.2, -0.15) is 0 Å². The standard InChI is InChI=1S/C37H54ClN5O6/c1-7-12-27(31(45)34(47)39-21-23(2)3)40-33(46)29-20-37(19-28(42-49-37)25-15-11-16-26(38)18-25)22-43(29)35(48)32(36(4,5)6)41-30(44)17-24-13-9-8-10-14-24/h11,15-16,18,23-24,27,29,32H,7-10,12-14,17,19-22H2,1-6H3,(H,39,47)(H,40,46)(H,41,44)/t27-,29-,32+,37+/m0/s1. The number of rotatable bonds is 13. The molecular weight excluding hydrogens is 646 g/mol. The van der Waals surface area contributed by atoms with Gasteiger partial charge in [0.1, 0.15) is 12.1 Å². The molecule has 12 heteroatoms. The van der Waals surface area contributed by atoms with Gasteiger partial charge in [-0.05, 0) is 48.6 Å². The third-order valence-electron chi connectivity index (χ3n) is 9.70. The number of Topliss-reactive ketones (excluding diaryl/α,β-unsaturated/α-hetero) is 1. The molecule has 3 aliphatic rings. The number of amides is 4. The van der Waals surface area contributed by atoms with Crippen molar-refractivity contribution >= 4 is 46.7 Å². The van der Waals surface area contributed by atoms with Crippen molar-refractivity contribution in [2.75, 3.05) is 13.1 Å². The number of nitrogens with zero attached hydrogens (tertiary/aromatic N) is 2. The van der Waals surface area contributed by atoms with Crippen LogP contribution in [0.1, 0.15) is 111 Å². The van der Waals surface area contributed by atoms with Crippen LogP contribution >= 0.6 is 11.6 Å². The summed E-state index contributed by atoms with van der Waals surface area (Å²) in [4.78, 5) is 75.5. The van der Waals surface area contributed by atoms with Gasteiger partial charge in [-0.25, -0.2) is 0 Å². The lowest BCUT2D eigenvalue weighted by molar-refractivity contribution is -0.145. The van der Waals surface area contributed by atoms with E-state index < -0.39 is 52.6 Å². The fourth-order valence-corrected chi connectivity index (χ4v) is 7.20. The van der Waals surface area contributed by atoms with Gasteiger partial charge in [0.25, 0.3) is 5.91 Å². The molecule has 0 bridgehead atoms. The molecule has 1 aliphatic carbocycles. The van der Waals surface area contributed by atoms with Gasteiger partial charge in [0.05, 0.1) is 18.3 Å². The van der Waals surface area contributed by atoms with E-state index in [-0.39, 0.29) is 37.1 Å². The fourth-order valence-electron chi connectivity index (χ4n) is 7.01. The molecule has 2 heterocycles. The maximum absolute atomic E-state index is 14.6. The fraction of sp³-hybridized carbons (Fsp3) is 0.676. The molecule has 4 atom stereocenters. The molecule has 1 saturated heterocycles. The number of hydrogen-bond acceptors (Lipinski definition) is 7. The molecule has 0 unspecified atom stereocenters. The summed E-state index contributed by atoms with van der Waals surface area (Å²) in [6.07, 6.45) is 6.97. The van der Waals surface area contributed by atoms with E-state index in [1.807, 2.05) is 53.7 Å². The summed E-state index contributed by atoms with van der Waals surface area (Å²) in [5.74, 6) is -2.20. The van der Waals surface area contributed by atoms with E-state index >= 15 is 0 Å². The average molecular weight is 700 g/mol. The van der Waals surface area contributed by atoms with E-state index in [1.165, 1.54) is 11.3 Å². The Balaban J connectivity index is 1.59. The molecule has 1 saturated carbocycles. The number of nitrogens with one attached hydrogen (secondary N) is 3. The monoisotopic (exact) mass is 699 g/mol. The van der Waals surface area contributed by atoms with Crippen LogP contribution in [0.5, 0.6) is 0 Å². The van der Waals surface area contributed by atoms with Crippen molar-refractivity contribution in [3.8, 4) is 0 Å². The molecule has 2 aliphatic heterocycles. The smallest absolute Gasteiger partial charge is 0.289 e. The minimum absolute atomic E-state index is 0.0455. The molecule has 1 aromatic rings. The Kier molecular flexibility index (Phi) is 12.9. The minimum Gasteiger partial charge on any atom is -0.387 e. The average Bonchev–Trinajstić information content (AvgIpc) is 3.65. The molecule has 1 aromatic carbocycles. The molecule has 2 fully saturated rings. The number of oxime groups is 1. The summed E-state index contributed by atoms with van der Waals surface area (Å²) in [5, 5.41) is 13.4. The van der Waals surface area contributed by atoms with Crippen LogP contribution in [0.15, 0.2) is 29.4 Å². The number of hydrogen-bond donors (Lipinski definition) is 3. The van der Waals surface area contributed by atoms with Crippen molar-refractivity contribution in [1.29, 1.82) is 0 Å². The number of benzene rings is 1. The molecule has 4 rings (SSSR count). The molecule has 0 radical (unpaired) electrons. The Morgan fingerprint density at radius 3 is 2.43 bits per heavy atom. The predicted molar refractivity (Wildman–Crippen MR) is 189 cm³/mol. The maximum Gasteiger partial charge on any atom is 0.289 e. The van der Waals surface area contributed by atoms with Crippen LogP contribution in [0.3, 0.4) is 0 Å². The highest BCUT2D eigenvalue weighted by molar-refractivity contribution is 6.38. The molecule has 11 nitrogen and oxygen atoms in total. The molecular formula is C37H54ClN5O6. The molecule has 0 aromatic heterocycles. The number of halogens is 1. The second kappa shape index (κ2) is 16.5. The lowest BCUT2D eigenvalue weighted by Gasteiger charge is -2.36. The summed E-state index contributed by atoms with van der Waals surface area (Å²) in [7, 11) is 0. The third-order valence-corrected chi connectivity index (χ3v) is 9.94. The van der Waals surface area contributed by atoms with Crippen LogP contribution in [-0.4, -0.2) is 76.8 Å². The maximum atomic E-state index is 14.6. The van der Waals surface area contributed by atoms with Crippen molar-refractivity contribution in [3.63, 3.8) is 0 Å². The van der Waals surface area contributed by atoms with Crippen LogP contribution in [0.4, 0.5) is 0 Å². The Morgan fingerprint density at radius 1 is 1.08 bits per heavy atom. The summed E-state index contributed by atoms with van der Waals surface area (Å²) in [5.41, 5.74) is -0.267. The van der Waals surface area contributed by atoms with Gasteiger partial charge in [-0.3, -0.25) is 24.0 Å². The summed E-state index contributed by atoms with van der Waals surface area (Å²) >= 11 is 6.25. The van der Waals surface area contributed by atoms with E-state index in [0.717, 1.165) is 31.2 Å². The number of carbonyl (C=O) groups excluding carboxylic acids is 5. The minimum atomic E-state index is -1.06. The molecule has 270 valence electrons. The Bertz CT molecular complexity index is 1420. The van der Waals surface area contributed by atoms with E-state index in [1.54, 1.807) is 12.1 Å². The van der Waals surface area contributed by atoms with Crippen molar-refractivity contribution in [1.82, 2.24) is 20.9 Å². The van der Waals surface area contributed by atoms with Gasteiger partial charge in [-0.15, -0.1) is 0 Å². The van der Waals surface area contributed by atoms with Gasteiger partial charge in [0.2, 0.25) is 23.5 Å². The molecule has 3 N–H and O–H groups in total. The van der Waals surface area contributed by atoms with Gasteiger partial charge >= 0.3 is 0 Å². The van der Waals surface area contributed by atoms with Crippen LogP contribution in [-0.2, 0) is 28.8 Å². The highest BCUT2D eigenvalue weighted by atomic mass is 35.5. The number of ketones is 1. The summed E-state index contributed by atoms with van der Waals surface area (Å²) in [6.45, 7) is 11.7. The van der Waals surface area contributed by atoms with Crippen LogP contribution in [0, 0.1) is 17.3 Å². The normalized spacial score (nSPS) is 22.3. The lowest BCUT2D eigenvalue weighted by atomic mass is 9.84. The lowest BCUT2D eigenvalue weighted by Crippen LogP contribution is -2.59. The SMILES string of the molecule is CCC[C@H](NC(=O)[C@@H]1C[C@]2(CC(c3cccc(Cl)c3)=NO2)CN1C(=O)[C@@H](NC(=O)CC1CCCCC1)C(C)(C)C)C(=O)C(=O)NCC(C)C. The predicted octanol–water partition coefficient (Wildman–Crippen LogP) is 4.93. The summed E-state index contributed by atoms with van der Waals surface area (Å²) < 4.78 is 0. The first kappa shape index (κ1) is 38.3. The van der Waals surface area contributed by atoms with Crippen molar-refractivity contribution in [2.24, 2.45) is 22.4 Å². The zero-order chi connectivity index (χ0) is 35.9. The zero-order valence-corrected chi connectivity index (χ0v) is 30.7. The third kappa shape index (κ3) is 10.0. The topological polar surface area (TPSA) is 146 Å². The molecule has 1 spiro atoms. The Hall–Kier alpha value is -3.47. The van der Waals surface area contributed by atoms with Crippen molar-refractivity contribution < 1.29 is 28.8 Å². The van der Waals surface area contributed by atoms with Crippen molar-refractivity contribution in [2.45, 2.75) is 129 Å². The van der Waals surface area contributed by atoms with Gasteiger partial charge in [-0.1, -0.05) is 96.1 Å². The first-order chi connectivity index (χ1) is 23.1. The van der Waals surface area contributed by atoms with E-state index in [9.17, 15) is 24.0 Å².